The number of anilines is 1. The first-order chi connectivity index (χ1) is 12.2. The predicted octanol–water partition coefficient (Wildman–Crippen LogP) is 4.35. The van der Waals surface area contributed by atoms with Crippen molar-refractivity contribution in [2.75, 3.05) is 11.5 Å². The average molecular weight is 353 g/mol. The van der Waals surface area contributed by atoms with Gasteiger partial charge in [0.2, 0.25) is 0 Å². The molecule has 3 rings (SSSR count). The zero-order valence-corrected chi connectivity index (χ0v) is 14.3. The molecule has 0 bridgehead atoms. The summed E-state index contributed by atoms with van der Waals surface area (Å²) in [6.07, 6.45) is 3.46. The maximum Gasteiger partial charge on any atom is 0.265 e. The molecule has 5 heteroatoms. The SMILES string of the molecule is O=C(COc1ccc(Cl)cc1)N(Cc1cccnc1)c1ccccc1. The Morgan fingerprint density at radius 2 is 1.76 bits per heavy atom. The minimum atomic E-state index is -0.134. The van der Waals surface area contributed by atoms with Gasteiger partial charge in [0.15, 0.2) is 6.61 Å². The Bertz CT molecular complexity index is 808. The van der Waals surface area contributed by atoms with Crippen LogP contribution < -0.4 is 9.64 Å². The van der Waals surface area contributed by atoms with Crippen LogP contribution in [-0.2, 0) is 11.3 Å². The highest BCUT2D eigenvalue weighted by atomic mass is 35.5. The van der Waals surface area contributed by atoms with E-state index in [9.17, 15) is 4.79 Å². The highest BCUT2D eigenvalue weighted by Gasteiger charge is 2.17. The molecule has 0 aliphatic heterocycles. The lowest BCUT2D eigenvalue weighted by Crippen LogP contribution is -2.34. The zero-order valence-electron chi connectivity index (χ0n) is 13.5. The number of hydrogen-bond donors (Lipinski definition) is 0. The van der Waals surface area contributed by atoms with E-state index in [4.69, 9.17) is 16.3 Å². The van der Waals surface area contributed by atoms with Gasteiger partial charge >= 0.3 is 0 Å². The Balaban J connectivity index is 1.74. The molecular weight excluding hydrogens is 336 g/mol. The first-order valence-corrected chi connectivity index (χ1v) is 8.23. The van der Waals surface area contributed by atoms with Crippen LogP contribution in [0.3, 0.4) is 0 Å². The minimum absolute atomic E-state index is 0.0587. The molecule has 2 aromatic carbocycles. The number of hydrogen-bond acceptors (Lipinski definition) is 3. The molecule has 1 aromatic heterocycles. The number of carbonyl (C=O) groups is 1. The quantitative estimate of drug-likeness (QED) is 0.662. The molecule has 0 fully saturated rings. The number of rotatable bonds is 6. The van der Waals surface area contributed by atoms with Crippen molar-refractivity contribution in [2.24, 2.45) is 0 Å². The summed E-state index contributed by atoms with van der Waals surface area (Å²) in [6, 6.07) is 20.2. The van der Waals surface area contributed by atoms with E-state index < -0.39 is 0 Å². The summed E-state index contributed by atoms with van der Waals surface area (Å²) in [6.45, 7) is 0.372. The average Bonchev–Trinajstić information content (AvgIpc) is 2.67. The van der Waals surface area contributed by atoms with E-state index in [-0.39, 0.29) is 12.5 Å². The molecule has 1 amide bonds. The number of ether oxygens (including phenoxy) is 1. The number of halogens is 1. The summed E-state index contributed by atoms with van der Waals surface area (Å²) in [5, 5.41) is 0.626. The topological polar surface area (TPSA) is 42.4 Å². The van der Waals surface area contributed by atoms with Gasteiger partial charge in [-0.2, -0.15) is 0 Å². The Hall–Kier alpha value is -2.85. The maximum atomic E-state index is 12.7. The van der Waals surface area contributed by atoms with Crippen molar-refractivity contribution in [2.45, 2.75) is 6.54 Å². The van der Waals surface area contributed by atoms with Crippen LogP contribution in [0.4, 0.5) is 5.69 Å². The largest absolute Gasteiger partial charge is 0.484 e. The van der Waals surface area contributed by atoms with Crippen molar-refractivity contribution in [1.29, 1.82) is 0 Å². The summed E-state index contributed by atoms with van der Waals surface area (Å²) < 4.78 is 5.60. The van der Waals surface area contributed by atoms with Gasteiger partial charge < -0.3 is 9.64 Å². The fourth-order valence-corrected chi connectivity index (χ4v) is 2.49. The molecule has 4 nitrogen and oxygen atoms in total. The van der Waals surface area contributed by atoms with Crippen molar-refractivity contribution in [3.05, 3.63) is 89.7 Å². The van der Waals surface area contributed by atoms with Crippen LogP contribution in [0.15, 0.2) is 79.1 Å². The van der Waals surface area contributed by atoms with Gasteiger partial charge in [0.1, 0.15) is 5.75 Å². The van der Waals surface area contributed by atoms with Gasteiger partial charge in [-0.1, -0.05) is 35.9 Å². The second kappa shape index (κ2) is 8.31. The summed E-state index contributed by atoms with van der Waals surface area (Å²) in [5.41, 5.74) is 1.77. The maximum absolute atomic E-state index is 12.7. The molecule has 0 aliphatic rings. The number of para-hydroxylation sites is 1. The van der Waals surface area contributed by atoms with E-state index in [2.05, 4.69) is 4.98 Å². The minimum Gasteiger partial charge on any atom is -0.484 e. The second-order valence-corrected chi connectivity index (χ2v) is 5.86. The second-order valence-electron chi connectivity index (χ2n) is 5.42. The van der Waals surface area contributed by atoms with Gasteiger partial charge in [0, 0.05) is 23.1 Å². The number of pyridine rings is 1. The summed E-state index contributed by atoms with van der Waals surface area (Å²) in [5.74, 6) is 0.470. The lowest BCUT2D eigenvalue weighted by molar-refractivity contribution is -0.120. The first-order valence-electron chi connectivity index (χ1n) is 7.85. The van der Waals surface area contributed by atoms with E-state index >= 15 is 0 Å². The van der Waals surface area contributed by atoms with E-state index in [0.29, 0.717) is 17.3 Å². The van der Waals surface area contributed by atoms with E-state index in [0.717, 1.165) is 11.3 Å². The lowest BCUT2D eigenvalue weighted by Gasteiger charge is -2.23. The van der Waals surface area contributed by atoms with Crippen molar-refractivity contribution in [3.63, 3.8) is 0 Å². The monoisotopic (exact) mass is 352 g/mol. The van der Waals surface area contributed by atoms with Gasteiger partial charge in [-0.15, -0.1) is 0 Å². The van der Waals surface area contributed by atoms with E-state index in [1.165, 1.54) is 0 Å². The highest BCUT2D eigenvalue weighted by Crippen LogP contribution is 2.19. The zero-order chi connectivity index (χ0) is 17.5. The Morgan fingerprint density at radius 3 is 2.44 bits per heavy atom. The third kappa shape index (κ3) is 4.81. The molecule has 0 N–H and O–H groups in total. The van der Waals surface area contributed by atoms with Gasteiger partial charge in [0.25, 0.3) is 5.91 Å². The van der Waals surface area contributed by atoms with E-state index in [1.54, 1.807) is 41.6 Å². The Kier molecular flexibility index (Phi) is 5.65. The van der Waals surface area contributed by atoms with Crippen LogP contribution >= 0.6 is 11.6 Å². The predicted molar refractivity (Wildman–Crippen MR) is 98.8 cm³/mol. The Labute approximate surface area is 151 Å². The van der Waals surface area contributed by atoms with Crippen molar-refractivity contribution < 1.29 is 9.53 Å². The molecule has 0 saturated carbocycles. The highest BCUT2D eigenvalue weighted by molar-refractivity contribution is 6.30. The first kappa shape index (κ1) is 17.0. The van der Waals surface area contributed by atoms with Gasteiger partial charge in [0.05, 0.1) is 6.54 Å². The number of benzene rings is 2. The molecule has 0 radical (unpaired) electrons. The molecular formula is C20H17ClN2O2. The van der Waals surface area contributed by atoms with Crippen molar-refractivity contribution in [1.82, 2.24) is 4.98 Å². The fourth-order valence-electron chi connectivity index (χ4n) is 2.36. The smallest absolute Gasteiger partial charge is 0.265 e. The summed E-state index contributed by atoms with van der Waals surface area (Å²) >= 11 is 5.86. The van der Waals surface area contributed by atoms with Crippen LogP contribution in [0, 0.1) is 0 Å². The van der Waals surface area contributed by atoms with Crippen LogP contribution in [-0.4, -0.2) is 17.5 Å². The normalized spacial score (nSPS) is 10.3. The van der Waals surface area contributed by atoms with Crippen molar-refractivity contribution in [3.8, 4) is 5.75 Å². The van der Waals surface area contributed by atoms with Gasteiger partial charge in [-0.05, 0) is 48.0 Å². The number of aromatic nitrogens is 1. The molecule has 0 spiro atoms. The van der Waals surface area contributed by atoms with Crippen LogP contribution in [0.25, 0.3) is 0 Å². The molecule has 25 heavy (non-hydrogen) atoms. The standard InChI is InChI=1S/C20H17ClN2O2/c21-17-8-10-19(11-9-17)25-15-20(24)23(18-6-2-1-3-7-18)14-16-5-4-12-22-13-16/h1-13H,14-15H2. The van der Waals surface area contributed by atoms with Gasteiger partial charge in [-0.25, -0.2) is 0 Å². The molecule has 0 aliphatic carbocycles. The fraction of sp³-hybridized carbons (Fsp3) is 0.100. The van der Waals surface area contributed by atoms with Crippen LogP contribution in [0.2, 0.25) is 5.02 Å². The molecule has 0 saturated heterocycles. The lowest BCUT2D eigenvalue weighted by atomic mass is 10.2. The van der Waals surface area contributed by atoms with Gasteiger partial charge in [-0.3, -0.25) is 9.78 Å². The molecule has 126 valence electrons. The molecule has 1 heterocycles. The number of carbonyl (C=O) groups excluding carboxylic acids is 1. The van der Waals surface area contributed by atoms with Crippen molar-refractivity contribution >= 4 is 23.2 Å². The third-order valence-corrected chi connectivity index (χ3v) is 3.86. The van der Waals surface area contributed by atoms with Crippen LogP contribution in [0.1, 0.15) is 5.56 Å². The number of nitrogens with zero attached hydrogens (tertiary/aromatic N) is 2. The summed E-state index contributed by atoms with van der Waals surface area (Å²) in [4.78, 5) is 18.5. The van der Waals surface area contributed by atoms with Crippen LogP contribution in [0.5, 0.6) is 5.75 Å². The van der Waals surface area contributed by atoms with E-state index in [1.807, 2.05) is 42.5 Å². The Morgan fingerprint density at radius 1 is 1.00 bits per heavy atom. The molecule has 0 atom stereocenters. The molecule has 0 unspecified atom stereocenters. The number of amides is 1. The summed E-state index contributed by atoms with van der Waals surface area (Å²) in [7, 11) is 0. The third-order valence-electron chi connectivity index (χ3n) is 3.61. The molecule has 3 aromatic rings.